The maximum absolute atomic E-state index is 11.6. The molecular formula is C13H25NO3. The van der Waals surface area contributed by atoms with Gasteiger partial charge in [0.05, 0.1) is 13.2 Å². The van der Waals surface area contributed by atoms with Gasteiger partial charge < -0.3 is 9.47 Å². The molecule has 0 aliphatic heterocycles. The van der Waals surface area contributed by atoms with Crippen molar-refractivity contribution in [2.24, 2.45) is 5.41 Å². The Morgan fingerprint density at radius 3 is 2.47 bits per heavy atom. The van der Waals surface area contributed by atoms with Crippen molar-refractivity contribution >= 4 is 5.97 Å². The summed E-state index contributed by atoms with van der Waals surface area (Å²) in [6.45, 7) is 10.8. The Balaban J connectivity index is 2.58. The summed E-state index contributed by atoms with van der Waals surface area (Å²) in [5, 5.41) is 3.37. The fraction of sp³-hybridized carbons (Fsp3) is 0.923. The van der Waals surface area contributed by atoms with Crippen molar-refractivity contribution in [2.45, 2.75) is 58.7 Å². The minimum atomic E-state index is -0.645. The predicted octanol–water partition coefficient (Wildman–Crippen LogP) is 1.73. The van der Waals surface area contributed by atoms with Crippen LogP contribution in [0, 0.1) is 5.41 Å². The van der Waals surface area contributed by atoms with E-state index in [0.29, 0.717) is 0 Å². The topological polar surface area (TPSA) is 47.6 Å². The van der Waals surface area contributed by atoms with Crippen molar-refractivity contribution in [1.82, 2.24) is 5.32 Å². The molecule has 4 nitrogen and oxygen atoms in total. The number of carbonyl (C=O) groups excluding carboxylic acids is 1. The lowest BCUT2D eigenvalue weighted by Crippen LogP contribution is -2.66. The standard InChI is InChI=1S/C13H25NO3/c1-7-17-10-8-9(12(10,2)3)14-13(4,5)11(15)16-6/h9-10,14H,7-8H2,1-6H3. The smallest absolute Gasteiger partial charge is 0.325 e. The zero-order valence-electron chi connectivity index (χ0n) is 11.8. The quantitative estimate of drug-likeness (QED) is 0.747. The number of hydrogen-bond donors (Lipinski definition) is 1. The minimum absolute atomic E-state index is 0.0568. The number of nitrogens with one attached hydrogen (secondary N) is 1. The second-order valence-electron chi connectivity index (χ2n) is 5.81. The fourth-order valence-corrected chi connectivity index (χ4v) is 2.36. The van der Waals surface area contributed by atoms with Crippen LogP contribution in [0.15, 0.2) is 0 Å². The molecule has 2 atom stereocenters. The third kappa shape index (κ3) is 2.80. The number of rotatable bonds is 5. The largest absolute Gasteiger partial charge is 0.468 e. The average Bonchev–Trinajstić information content (AvgIpc) is 2.26. The van der Waals surface area contributed by atoms with Crippen LogP contribution in [0.5, 0.6) is 0 Å². The molecule has 0 aromatic carbocycles. The molecule has 1 saturated carbocycles. The second-order valence-corrected chi connectivity index (χ2v) is 5.81. The maximum atomic E-state index is 11.6. The lowest BCUT2D eigenvalue weighted by molar-refractivity contribution is -0.153. The summed E-state index contributed by atoms with van der Waals surface area (Å²) in [4.78, 5) is 11.6. The van der Waals surface area contributed by atoms with Gasteiger partial charge in [0.15, 0.2) is 0 Å². The van der Waals surface area contributed by atoms with Crippen molar-refractivity contribution in [2.75, 3.05) is 13.7 Å². The van der Waals surface area contributed by atoms with E-state index in [4.69, 9.17) is 9.47 Å². The van der Waals surface area contributed by atoms with Crippen molar-refractivity contribution < 1.29 is 14.3 Å². The molecule has 0 heterocycles. The van der Waals surface area contributed by atoms with Crippen molar-refractivity contribution in [3.05, 3.63) is 0 Å². The van der Waals surface area contributed by atoms with Gasteiger partial charge in [0.25, 0.3) is 0 Å². The van der Waals surface area contributed by atoms with Gasteiger partial charge in [-0.05, 0) is 27.2 Å². The van der Waals surface area contributed by atoms with Gasteiger partial charge in [-0.3, -0.25) is 10.1 Å². The van der Waals surface area contributed by atoms with Gasteiger partial charge >= 0.3 is 5.97 Å². The zero-order valence-corrected chi connectivity index (χ0v) is 11.8. The van der Waals surface area contributed by atoms with Crippen LogP contribution in [0.25, 0.3) is 0 Å². The Morgan fingerprint density at radius 1 is 1.47 bits per heavy atom. The maximum Gasteiger partial charge on any atom is 0.325 e. The molecule has 0 saturated heterocycles. The molecule has 0 spiro atoms. The van der Waals surface area contributed by atoms with E-state index in [-0.39, 0.29) is 23.5 Å². The summed E-state index contributed by atoms with van der Waals surface area (Å²) >= 11 is 0. The van der Waals surface area contributed by atoms with Crippen LogP contribution in [-0.4, -0.2) is 37.4 Å². The summed E-state index contributed by atoms with van der Waals surface area (Å²) in [5.41, 5.74) is -0.588. The molecule has 1 aliphatic rings. The van der Waals surface area contributed by atoms with E-state index in [1.165, 1.54) is 7.11 Å². The minimum Gasteiger partial charge on any atom is -0.468 e. The highest BCUT2D eigenvalue weighted by atomic mass is 16.5. The molecule has 100 valence electrons. The number of methoxy groups -OCH3 is 1. The Kier molecular flexibility index (Phi) is 4.20. The molecule has 0 aromatic rings. The van der Waals surface area contributed by atoms with Gasteiger partial charge in [-0.1, -0.05) is 13.8 Å². The highest BCUT2D eigenvalue weighted by Crippen LogP contribution is 2.43. The first kappa shape index (κ1) is 14.5. The van der Waals surface area contributed by atoms with E-state index in [1.54, 1.807) is 0 Å². The zero-order chi connectivity index (χ0) is 13.3. The van der Waals surface area contributed by atoms with Crippen LogP contribution in [-0.2, 0) is 14.3 Å². The Hall–Kier alpha value is -0.610. The highest BCUT2D eigenvalue weighted by Gasteiger charge is 2.51. The van der Waals surface area contributed by atoms with Gasteiger partial charge in [-0.25, -0.2) is 0 Å². The summed E-state index contributed by atoms with van der Waals surface area (Å²) in [6, 6.07) is 0.285. The second kappa shape index (κ2) is 4.94. The molecule has 2 unspecified atom stereocenters. The van der Waals surface area contributed by atoms with Crippen molar-refractivity contribution in [3.8, 4) is 0 Å². The summed E-state index contributed by atoms with van der Waals surface area (Å²) in [5.74, 6) is -0.229. The van der Waals surface area contributed by atoms with Crippen molar-refractivity contribution in [1.29, 1.82) is 0 Å². The lowest BCUT2D eigenvalue weighted by Gasteiger charge is -2.53. The van der Waals surface area contributed by atoms with E-state index >= 15 is 0 Å². The summed E-state index contributed by atoms with van der Waals surface area (Å²) in [7, 11) is 1.42. The molecule has 17 heavy (non-hydrogen) atoms. The van der Waals surface area contributed by atoms with Crippen LogP contribution >= 0.6 is 0 Å². The molecular weight excluding hydrogens is 218 g/mol. The summed E-state index contributed by atoms with van der Waals surface area (Å²) in [6.07, 6.45) is 1.22. The number of carbonyl (C=O) groups is 1. The molecule has 1 fully saturated rings. The molecule has 0 aromatic heterocycles. The first-order valence-corrected chi connectivity index (χ1v) is 6.23. The molecule has 0 amide bonds. The van der Waals surface area contributed by atoms with Gasteiger partial charge in [0.1, 0.15) is 5.54 Å². The van der Waals surface area contributed by atoms with E-state index in [2.05, 4.69) is 19.2 Å². The Bertz CT molecular complexity index is 286. The molecule has 4 heteroatoms. The van der Waals surface area contributed by atoms with Gasteiger partial charge in [-0.15, -0.1) is 0 Å². The highest BCUT2D eigenvalue weighted by molar-refractivity contribution is 5.79. The fourth-order valence-electron chi connectivity index (χ4n) is 2.36. The molecule has 1 rings (SSSR count). The summed E-state index contributed by atoms with van der Waals surface area (Å²) < 4.78 is 10.5. The van der Waals surface area contributed by atoms with Gasteiger partial charge in [-0.2, -0.15) is 0 Å². The Labute approximate surface area is 104 Å². The first-order chi connectivity index (χ1) is 7.75. The number of hydrogen-bond acceptors (Lipinski definition) is 4. The number of ether oxygens (including phenoxy) is 2. The van der Waals surface area contributed by atoms with Crippen LogP contribution in [0.1, 0.15) is 41.0 Å². The molecule has 0 bridgehead atoms. The third-order valence-corrected chi connectivity index (χ3v) is 3.78. The lowest BCUT2D eigenvalue weighted by atomic mass is 9.64. The first-order valence-electron chi connectivity index (χ1n) is 6.23. The predicted molar refractivity (Wildman–Crippen MR) is 66.8 cm³/mol. The van der Waals surface area contributed by atoms with Gasteiger partial charge in [0.2, 0.25) is 0 Å². The van der Waals surface area contributed by atoms with Crippen LogP contribution in [0.3, 0.4) is 0 Å². The van der Waals surface area contributed by atoms with Crippen LogP contribution < -0.4 is 5.32 Å². The van der Waals surface area contributed by atoms with E-state index < -0.39 is 5.54 Å². The Morgan fingerprint density at radius 2 is 2.06 bits per heavy atom. The van der Waals surface area contributed by atoms with E-state index in [9.17, 15) is 4.79 Å². The molecule has 0 radical (unpaired) electrons. The van der Waals surface area contributed by atoms with Crippen LogP contribution in [0.4, 0.5) is 0 Å². The number of esters is 1. The SMILES string of the molecule is CCOC1CC(NC(C)(C)C(=O)OC)C1(C)C. The monoisotopic (exact) mass is 243 g/mol. The molecule has 1 aliphatic carbocycles. The van der Waals surface area contributed by atoms with E-state index in [1.807, 2.05) is 20.8 Å². The average molecular weight is 243 g/mol. The van der Waals surface area contributed by atoms with Crippen LogP contribution in [0.2, 0.25) is 0 Å². The van der Waals surface area contributed by atoms with Gasteiger partial charge in [0, 0.05) is 18.1 Å². The van der Waals surface area contributed by atoms with E-state index in [0.717, 1.165) is 13.0 Å². The van der Waals surface area contributed by atoms with Crippen molar-refractivity contribution in [3.63, 3.8) is 0 Å². The normalized spacial score (nSPS) is 27.4. The third-order valence-electron chi connectivity index (χ3n) is 3.78. The molecule has 1 N–H and O–H groups in total.